The molecule has 0 radical (unpaired) electrons. The maximum absolute atomic E-state index is 6.21. The monoisotopic (exact) mass is 287 g/mol. The topological polar surface area (TPSA) is 21.3 Å². The molecule has 0 saturated carbocycles. The molecular formula is C14H19Cl2NO. The Labute approximate surface area is 119 Å². The second kappa shape index (κ2) is 6.25. The molecule has 1 N–H and O–H groups in total. The third-order valence-corrected chi connectivity index (χ3v) is 3.97. The van der Waals surface area contributed by atoms with Gasteiger partial charge in [-0.25, -0.2) is 0 Å². The average molecular weight is 288 g/mol. The molecular weight excluding hydrogens is 269 g/mol. The lowest BCUT2D eigenvalue weighted by Crippen LogP contribution is -2.39. The van der Waals surface area contributed by atoms with Crippen LogP contribution in [-0.2, 0) is 4.74 Å². The van der Waals surface area contributed by atoms with Crippen LogP contribution in [0.25, 0.3) is 0 Å². The van der Waals surface area contributed by atoms with E-state index in [-0.39, 0.29) is 6.04 Å². The Hall–Kier alpha value is -0.280. The minimum Gasteiger partial charge on any atom is -0.378 e. The van der Waals surface area contributed by atoms with E-state index in [0.717, 1.165) is 35.1 Å². The van der Waals surface area contributed by atoms with Crippen molar-refractivity contribution in [3.05, 3.63) is 33.8 Å². The third-order valence-electron chi connectivity index (χ3n) is 3.40. The summed E-state index contributed by atoms with van der Waals surface area (Å²) in [6.45, 7) is 5.07. The number of hydrogen-bond acceptors (Lipinski definition) is 2. The highest BCUT2D eigenvalue weighted by Gasteiger charge is 2.21. The van der Waals surface area contributed by atoms with Crippen molar-refractivity contribution in [2.75, 3.05) is 6.61 Å². The molecule has 0 aromatic heterocycles. The van der Waals surface area contributed by atoms with Gasteiger partial charge in [0.1, 0.15) is 0 Å². The summed E-state index contributed by atoms with van der Waals surface area (Å²) in [4.78, 5) is 0. The molecule has 0 aliphatic carbocycles. The van der Waals surface area contributed by atoms with Crippen LogP contribution in [0.15, 0.2) is 18.2 Å². The van der Waals surface area contributed by atoms with E-state index in [9.17, 15) is 0 Å². The van der Waals surface area contributed by atoms with Crippen molar-refractivity contribution in [3.63, 3.8) is 0 Å². The number of hydrogen-bond donors (Lipinski definition) is 1. The highest BCUT2D eigenvalue weighted by Crippen LogP contribution is 2.27. The Morgan fingerprint density at radius 2 is 2.17 bits per heavy atom. The van der Waals surface area contributed by atoms with Gasteiger partial charge in [0.25, 0.3) is 0 Å². The summed E-state index contributed by atoms with van der Waals surface area (Å²) >= 11 is 12.2. The van der Waals surface area contributed by atoms with Crippen molar-refractivity contribution in [1.82, 2.24) is 5.32 Å². The van der Waals surface area contributed by atoms with Crippen LogP contribution in [0.2, 0.25) is 10.0 Å². The summed E-state index contributed by atoms with van der Waals surface area (Å²) in [5, 5.41) is 5.10. The molecule has 1 aliphatic heterocycles. The molecule has 1 aromatic carbocycles. The number of ether oxygens (including phenoxy) is 1. The second-order valence-electron chi connectivity index (χ2n) is 4.96. The zero-order chi connectivity index (χ0) is 13.1. The normalized spacial score (nSPS) is 26.0. The van der Waals surface area contributed by atoms with Gasteiger partial charge < -0.3 is 10.1 Å². The molecule has 1 aliphatic rings. The van der Waals surface area contributed by atoms with E-state index in [0.29, 0.717) is 12.1 Å². The van der Waals surface area contributed by atoms with E-state index >= 15 is 0 Å². The van der Waals surface area contributed by atoms with Crippen LogP contribution >= 0.6 is 23.2 Å². The largest absolute Gasteiger partial charge is 0.378 e. The summed E-state index contributed by atoms with van der Waals surface area (Å²) in [7, 11) is 0. The van der Waals surface area contributed by atoms with Gasteiger partial charge in [-0.05, 0) is 50.5 Å². The smallest absolute Gasteiger partial charge is 0.0561 e. The molecule has 2 nitrogen and oxygen atoms in total. The maximum Gasteiger partial charge on any atom is 0.0561 e. The predicted octanol–water partition coefficient (Wildman–Crippen LogP) is 4.21. The van der Waals surface area contributed by atoms with E-state index in [2.05, 4.69) is 19.2 Å². The number of halogens is 2. The van der Waals surface area contributed by atoms with Crippen molar-refractivity contribution in [2.24, 2.45) is 0 Å². The van der Waals surface area contributed by atoms with Crippen molar-refractivity contribution < 1.29 is 4.74 Å². The summed E-state index contributed by atoms with van der Waals surface area (Å²) in [5.74, 6) is 0. The molecule has 1 saturated heterocycles. The van der Waals surface area contributed by atoms with Gasteiger partial charge in [0.15, 0.2) is 0 Å². The van der Waals surface area contributed by atoms with E-state index in [4.69, 9.17) is 27.9 Å². The fraction of sp³-hybridized carbons (Fsp3) is 0.571. The Morgan fingerprint density at radius 1 is 1.39 bits per heavy atom. The maximum atomic E-state index is 6.21. The minimum atomic E-state index is 0.200. The Morgan fingerprint density at radius 3 is 2.89 bits per heavy atom. The van der Waals surface area contributed by atoms with Gasteiger partial charge in [-0.15, -0.1) is 0 Å². The van der Waals surface area contributed by atoms with Crippen LogP contribution in [0.4, 0.5) is 0 Å². The molecule has 4 heteroatoms. The van der Waals surface area contributed by atoms with E-state index in [1.54, 1.807) is 0 Å². The first-order valence-corrected chi connectivity index (χ1v) is 7.14. The number of benzene rings is 1. The highest BCUT2D eigenvalue weighted by molar-refractivity contribution is 6.33. The molecule has 100 valence electrons. The first-order valence-electron chi connectivity index (χ1n) is 6.39. The van der Waals surface area contributed by atoms with E-state index in [1.807, 2.05) is 18.2 Å². The highest BCUT2D eigenvalue weighted by atomic mass is 35.5. The standard InChI is InChI=1S/C14H19Cl2NO/c1-9-7-12(5-6-18-9)17-10(2)13-8-11(15)3-4-14(13)16/h3-4,8-10,12,17H,5-7H2,1-2H3. The van der Waals surface area contributed by atoms with Gasteiger partial charge in [-0.2, -0.15) is 0 Å². The lowest BCUT2D eigenvalue weighted by Gasteiger charge is -2.30. The van der Waals surface area contributed by atoms with Crippen LogP contribution in [0.3, 0.4) is 0 Å². The molecule has 0 amide bonds. The molecule has 2 rings (SSSR count). The van der Waals surface area contributed by atoms with Gasteiger partial charge in [0, 0.05) is 28.7 Å². The zero-order valence-corrected chi connectivity index (χ0v) is 12.3. The van der Waals surface area contributed by atoms with Gasteiger partial charge >= 0.3 is 0 Å². The second-order valence-corrected chi connectivity index (χ2v) is 5.80. The first-order chi connectivity index (χ1) is 8.56. The molecule has 3 atom stereocenters. The fourth-order valence-electron chi connectivity index (χ4n) is 2.44. The SMILES string of the molecule is CC1CC(NC(C)c2cc(Cl)ccc2Cl)CCO1. The molecule has 1 heterocycles. The Balaban J connectivity index is 2.02. The van der Waals surface area contributed by atoms with Gasteiger partial charge in [-0.1, -0.05) is 23.2 Å². The molecule has 0 spiro atoms. The summed E-state index contributed by atoms with van der Waals surface area (Å²) in [6.07, 6.45) is 2.42. The van der Waals surface area contributed by atoms with Crippen LogP contribution in [-0.4, -0.2) is 18.8 Å². The van der Waals surface area contributed by atoms with Gasteiger partial charge in [0.2, 0.25) is 0 Å². The first kappa shape index (κ1) is 14.1. The van der Waals surface area contributed by atoms with Crippen LogP contribution in [0.5, 0.6) is 0 Å². The molecule has 18 heavy (non-hydrogen) atoms. The lowest BCUT2D eigenvalue weighted by molar-refractivity contribution is 0.0116. The van der Waals surface area contributed by atoms with Crippen LogP contribution < -0.4 is 5.32 Å². The molecule has 3 unspecified atom stereocenters. The lowest BCUT2D eigenvalue weighted by atomic mass is 10.0. The van der Waals surface area contributed by atoms with Gasteiger partial charge in [0.05, 0.1) is 6.10 Å². The molecule has 1 aromatic rings. The Bertz CT molecular complexity index is 411. The van der Waals surface area contributed by atoms with Crippen molar-refractivity contribution in [2.45, 2.75) is 44.9 Å². The fourth-order valence-corrected chi connectivity index (χ4v) is 2.90. The summed E-state index contributed by atoms with van der Waals surface area (Å²) < 4.78 is 5.55. The average Bonchev–Trinajstić information content (AvgIpc) is 2.32. The van der Waals surface area contributed by atoms with Crippen molar-refractivity contribution in [3.8, 4) is 0 Å². The molecule has 1 fully saturated rings. The Kier molecular flexibility index (Phi) is 4.91. The zero-order valence-electron chi connectivity index (χ0n) is 10.7. The van der Waals surface area contributed by atoms with E-state index < -0.39 is 0 Å². The summed E-state index contributed by atoms with van der Waals surface area (Å²) in [6, 6.07) is 6.29. The van der Waals surface area contributed by atoms with E-state index in [1.165, 1.54) is 0 Å². The number of rotatable bonds is 3. The third kappa shape index (κ3) is 3.61. The van der Waals surface area contributed by atoms with Gasteiger partial charge in [-0.3, -0.25) is 0 Å². The summed E-state index contributed by atoms with van der Waals surface area (Å²) in [5.41, 5.74) is 1.06. The molecule has 0 bridgehead atoms. The predicted molar refractivity (Wildman–Crippen MR) is 76.4 cm³/mol. The number of nitrogens with one attached hydrogen (secondary N) is 1. The quantitative estimate of drug-likeness (QED) is 0.899. The van der Waals surface area contributed by atoms with Crippen molar-refractivity contribution in [1.29, 1.82) is 0 Å². The minimum absolute atomic E-state index is 0.200. The van der Waals surface area contributed by atoms with Crippen molar-refractivity contribution >= 4 is 23.2 Å². The van der Waals surface area contributed by atoms with Crippen LogP contribution in [0, 0.1) is 0 Å². The van der Waals surface area contributed by atoms with Crippen LogP contribution in [0.1, 0.15) is 38.3 Å².